The standard InChI is InChI=1S/C16H31NO3/c1-14(2,3)12(13(19)15(4,5)6)17-11(18)10-16(7,8)20-9/h12H,10H2,1-9H3,(H,17,18)/t12-/m1/s1. The normalized spacial score (nSPS) is 14.8. The van der Waals surface area contributed by atoms with Gasteiger partial charge in [-0.15, -0.1) is 0 Å². The van der Waals surface area contributed by atoms with Crippen molar-refractivity contribution in [3.63, 3.8) is 0 Å². The van der Waals surface area contributed by atoms with Gasteiger partial charge in [0.05, 0.1) is 18.1 Å². The van der Waals surface area contributed by atoms with Gasteiger partial charge in [-0.3, -0.25) is 9.59 Å². The van der Waals surface area contributed by atoms with E-state index in [0.717, 1.165) is 0 Å². The maximum Gasteiger partial charge on any atom is 0.223 e. The molecule has 0 bridgehead atoms. The second-order valence-electron chi connectivity index (χ2n) is 8.12. The minimum atomic E-state index is -0.530. The van der Waals surface area contributed by atoms with Crippen LogP contribution in [0.4, 0.5) is 0 Å². The number of methoxy groups -OCH3 is 1. The highest BCUT2D eigenvalue weighted by atomic mass is 16.5. The molecule has 1 N–H and O–H groups in total. The summed E-state index contributed by atoms with van der Waals surface area (Å²) in [5.41, 5.74) is -1.34. The molecular weight excluding hydrogens is 254 g/mol. The predicted octanol–water partition coefficient (Wildman–Crippen LogP) is 2.95. The summed E-state index contributed by atoms with van der Waals surface area (Å²) in [5, 5.41) is 2.89. The van der Waals surface area contributed by atoms with E-state index in [9.17, 15) is 9.59 Å². The van der Waals surface area contributed by atoms with Crippen LogP contribution in [0.3, 0.4) is 0 Å². The minimum absolute atomic E-state index is 0.0496. The fourth-order valence-corrected chi connectivity index (χ4v) is 1.78. The van der Waals surface area contributed by atoms with Crippen molar-refractivity contribution in [1.29, 1.82) is 0 Å². The first-order chi connectivity index (χ1) is 8.70. The van der Waals surface area contributed by atoms with Crippen LogP contribution >= 0.6 is 0 Å². The lowest BCUT2D eigenvalue weighted by Gasteiger charge is -2.35. The summed E-state index contributed by atoms with van der Waals surface area (Å²) < 4.78 is 5.26. The molecule has 0 saturated heterocycles. The molecule has 1 amide bonds. The molecule has 0 aliphatic carbocycles. The second kappa shape index (κ2) is 6.25. The van der Waals surface area contributed by atoms with Crippen LogP contribution in [0, 0.1) is 10.8 Å². The number of hydrogen-bond donors (Lipinski definition) is 1. The van der Waals surface area contributed by atoms with Gasteiger partial charge in [0, 0.05) is 12.5 Å². The van der Waals surface area contributed by atoms with Gasteiger partial charge in [-0.1, -0.05) is 41.5 Å². The third kappa shape index (κ3) is 6.04. The molecule has 4 nitrogen and oxygen atoms in total. The van der Waals surface area contributed by atoms with Crippen molar-refractivity contribution in [3.8, 4) is 0 Å². The van der Waals surface area contributed by atoms with Gasteiger partial charge in [0.25, 0.3) is 0 Å². The average Bonchev–Trinajstić information content (AvgIpc) is 2.21. The van der Waals surface area contributed by atoms with Crippen molar-refractivity contribution in [1.82, 2.24) is 5.32 Å². The van der Waals surface area contributed by atoms with Crippen LogP contribution < -0.4 is 5.32 Å². The second-order valence-corrected chi connectivity index (χ2v) is 8.12. The number of hydrogen-bond acceptors (Lipinski definition) is 3. The van der Waals surface area contributed by atoms with Gasteiger partial charge in [0.15, 0.2) is 5.78 Å². The minimum Gasteiger partial charge on any atom is -0.378 e. The van der Waals surface area contributed by atoms with E-state index in [1.54, 1.807) is 7.11 Å². The third-order valence-corrected chi connectivity index (χ3v) is 3.31. The summed E-state index contributed by atoms with van der Waals surface area (Å²) >= 11 is 0. The molecule has 0 aromatic carbocycles. The zero-order chi connectivity index (χ0) is 16.4. The molecule has 0 radical (unpaired) electrons. The third-order valence-electron chi connectivity index (χ3n) is 3.31. The predicted molar refractivity (Wildman–Crippen MR) is 81.6 cm³/mol. The van der Waals surface area contributed by atoms with Gasteiger partial charge in [0.2, 0.25) is 5.91 Å². The molecule has 0 unspecified atom stereocenters. The Labute approximate surface area is 123 Å². The Morgan fingerprint density at radius 1 is 1.00 bits per heavy atom. The van der Waals surface area contributed by atoms with Crippen molar-refractivity contribution in [2.24, 2.45) is 10.8 Å². The Hall–Kier alpha value is -0.900. The summed E-state index contributed by atoms with van der Waals surface area (Å²) in [6.07, 6.45) is 0.230. The van der Waals surface area contributed by atoms with Gasteiger partial charge in [-0.2, -0.15) is 0 Å². The van der Waals surface area contributed by atoms with Crippen LogP contribution in [-0.2, 0) is 14.3 Å². The highest BCUT2D eigenvalue weighted by molar-refractivity contribution is 5.93. The lowest BCUT2D eigenvalue weighted by atomic mass is 9.75. The molecule has 0 aliphatic rings. The Morgan fingerprint density at radius 3 is 1.75 bits per heavy atom. The fraction of sp³-hybridized carbons (Fsp3) is 0.875. The number of carbonyl (C=O) groups excluding carboxylic acids is 2. The van der Waals surface area contributed by atoms with Crippen LogP contribution in [0.2, 0.25) is 0 Å². The number of rotatable bonds is 5. The van der Waals surface area contributed by atoms with Gasteiger partial charge in [-0.05, 0) is 19.3 Å². The quantitative estimate of drug-likeness (QED) is 0.845. The Morgan fingerprint density at radius 2 is 1.45 bits per heavy atom. The Bertz CT molecular complexity index is 359. The molecule has 0 aliphatic heterocycles. The number of Topliss-reactive ketones (excluding diaryl/α,β-unsaturated/α-hetero) is 1. The van der Waals surface area contributed by atoms with Gasteiger partial charge >= 0.3 is 0 Å². The first-order valence-electron chi connectivity index (χ1n) is 7.09. The van der Waals surface area contributed by atoms with Crippen LogP contribution in [0.1, 0.15) is 61.8 Å². The number of ether oxygens (including phenoxy) is 1. The monoisotopic (exact) mass is 285 g/mol. The van der Waals surface area contributed by atoms with E-state index in [1.807, 2.05) is 55.4 Å². The number of nitrogens with one attached hydrogen (secondary N) is 1. The molecule has 0 rings (SSSR count). The van der Waals surface area contributed by atoms with Gasteiger partial charge in [0.1, 0.15) is 0 Å². The SMILES string of the molecule is COC(C)(C)CC(=O)N[C@H](C(=O)C(C)(C)C)C(C)(C)C. The van der Waals surface area contributed by atoms with Crippen LogP contribution in [-0.4, -0.2) is 30.4 Å². The van der Waals surface area contributed by atoms with Crippen molar-refractivity contribution >= 4 is 11.7 Å². The molecule has 0 aromatic rings. The van der Waals surface area contributed by atoms with Gasteiger partial charge in [-0.25, -0.2) is 0 Å². The summed E-state index contributed by atoms with van der Waals surface area (Å²) in [7, 11) is 1.58. The van der Waals surface area contributed by atoms with E-state index in [4.69, 9.17) is 4.74 Å². The lowest BCUT2D eigenvalue weighted by molar-refractivity contribution is -0.137. The molecular formula is C16H31NO3. The first kappa shape index (κ1) is 19.1. The van der Waals surface area contributed by atoms with E-state index < -0.39 is 17.1 Å². The fourth-order valence-electron chi connectivity index (χ4n) is 1.78. The Balaban J connectivity index is 5.04. The zero-order valence-corrected chi connectivity index (χ0v) is 14.5. The molecule has 0 fully saturated rings. The summed E-state index contributed by atoms with van der Waals surface area (Å²) in [4.78, 5) is 24.7. The van der Waals surface area contributed by atoms with Crippen molar-refractivity contribution in [2.75, 3.05) is 7.11 Å². The van der Waals surface area contributed by atoms with E-state index >= 15 is 0 Å². The van der Waals surface area contributed by atoms with E-state index in [0.29, 0.717) is 0 Å². The van der Waals surface area contributed by atoms with Crippen molar-refractivity contribution in [3.05, 3.63) is 0 Å². The molecule has 118 valence electrons. The van der Waals surface area contributed by atoms with Crippen LogP contribution in [0.5, 0.6) is 0 Å². The van der Waals surface area contributed by atoms with Gasteiger partial charge < -0.3 is 10.1 Å². The van der Waals surface area contributed by atoms with E-state index in [-0.39, 0.29) is 23.5 Å². The van der Waals surface area contributed by atoms with Crippen LogP contribution in [0.25, 0.3) is 0 Å². The van der Waals surface area contributed by atoms with E-state index in [1.165, 1.54) is 0 Å². The van der Waals surface area contributed by atoms with Crippen molar-refractivity contribution < 1.29 is 14.3 Å². The number of carbonyl (C=O) groups is 2. The first-order valence-corrected chi connectivity index (χ1v) is 7.09. The molecule has 4 heteroatoms. The summed E-state index contributed by atoms with van der Waals surface area (Å²) in [6.45, 7) is 15.2. The topological polar surface area (TPSA) is 55.4 Å². The highest BCUT2D eigenvalue weighted by Crippen LogP contribution is 2.28. The van der Waals surface area contributed by atoms with Crippen LogP contribution in [0.15, 0.2) is 0 Å². The molecule has 0 saturated carbocycles. The maximum absolute atomic E-state index is 12.5. The molecule has 1 atom stereocenters. The molecule has 20 heavy (non-hydrogen) atoms. The largest absolute Gasteiger partial charge is 0.378 e. The van der Waals surface area contributed by atoms with Crippen molar-refractivity contribution in [2.45, 2.75) is 73.5 Å². The molecule has 0 aromatic heterocycles. The summed E-state index contributed by atoms with van der Waals surface area (Å²) in [6, 6.07) is -0.498. The number of ketones is 1. The molecule has 0 spiro atoms. The number of amides is 1. The zero-order valence-electron chi connectivity index (χ0n) is 14.5. The maximum atomic E-state index is 12.5. The van der Waals surface area contributed by atoms with E-state index in [2.05, 4.69) is 5.32 Å². The summed E-state index contributed by atoms with van der Waals surface area (Å²) in [5.74, 6) is -0.108. The lowest BCUT2D eigenvalue weighted by Crippen LogP contribution is -2.53. The molecule has 0 heterocycles. The average molecular weight is 285 g/mol. The Kier molecular flexibility index (Phi) is 5.97. The smallest absolute Gasteiger partial charge is 0.223 e. The highest BCUT2D eigenvalue weighted by Gasteiger charge is 2.38.